The molecular formula is C17H22ClNO2. The lowest BCUT2D eigenvalue weighted by Gasteiger charge is -2.22. The summed E-state index contributed by atoms with van der Waals surface area (Å²) in [6.45, 7) is 5.95. The number of benzene rings is 1. The van der Waals surface area contributed by atoms with Crippen molar-refractivity contribution in [1.82, 2.24) is 0 Å². The Kier molecular flexibility index (Phi) is 5.04. The van der Waals surface area contributed by atoms with Gasteiger partial charge in [-0.2, -0.15) is 0 Å². The van der Waals surface area contributed by atoms with Crippen LogP contribution in [-0.4, -0.2) is 23.1 Å². The molecule has 1 amide bonds. The third-order valence-electron chi connectivity index (χ3n) is 3.96. The van der Waals surface area contributed by atoms with Crippen LogP contribution in [0, 0.1) is 0 Å². The molecule has 1 aromatic carbocycles. The lowest BCUT2D eigenvalue weighted by Crippen LogP contribution is -2.35. The summed E-state index contributed by atoms with van der Waals surface area (Å²) in [5, 5.41) is -0.472. The van der Waals surface area contributed by atoms with Gasteiger partial charge in [0.15, 0.2) is 5.78 Å². The number of Topliss-reactive ketones (excluding diaryl/α,β-unsaturated/α-hetero) is 1. The topological polar surface area (TPSA) is 37.4 Å². The second kappa shape index (κ2) is 6.61. The Labute approximate surface area is 131 Å². The number of halogens is 1. The van der Waals surface area contributed by atoms with E-state index in [9.17, 15) is 9.59 Å². The number of fused-ring (bicyclic) bond motifs is 1. The van der Waals surface area contributed by atoms with Gasteiger partial charge < -0.3 is 4.90 Å². The van der Waals surface area contributed by atoms with E-state index in [1.807, 2.05) is 37.8 Å². The lowest BCUT2D eigenvalue weighted by molar-refractivity contribution is -0.118. The highest BCUT2D eigenvalue weighted by atomic mass is 35.5. The standard InChI is InChI=1S/C17H22ClNO2/c1-4-6-16(20)19-11(3)9-13-10-12(7-8-15(13)19)17(21)14(18)5-2/h7-8,10-11,14H,4-6,9H2,1-3H3. The molecule has 0 aliphatic carbocycles. The second-order valence-electron chi connectivity index (χ2n) is 5.65. The van der Waals surface area contributed by atoms with E-state index in [0.29, 0.717) is 18.4 Å². The molecular weight excluding hydrogens is 286 g/mol. The van der Waals surface area contributed by atoms with Gasteiger partial charge in [-0.05, 0) is 49.9 Å². The molecule has 0 saturated carbocycles. The molecule has 0 bridgehead atoms. The first-order valence-electron chi connectivity index (χ1n) is 7.62. The summed E-state index contributed by atoms with van der Waals surface area (Å²) in [7, 11) is 0. The summed E-state index contributed by atoms with van der Waals surface area (Å²) in [4.78, 5) is 26.3. The number of carbonyl (C=O) groups excluding carboxylic acids is 2. The number of nitrogens with zero attached hydrogens (tertiary/aromatic N) is 1. The van der Waals surface area contributed by atoms with E-state index >= 15 is 0 Å². The van der Waals surface area contributed by atoms with E-state index in [2.05, 4.69) is 0 Å². The Morgan fingerprint density at radius 2 is 2.10 bits per heavy atom. The van der Waals surface area contributed by atoms with Gasteiger partial charge in [-0.15, -0.1) is 11.6 Å². The molecule has 2 atom stereocenters. The minimum Gasteiger partial charge on any atom is -0.309 e. The van der Waals surface area contributed by atoms with Crippen LogP contribution in [-0.2, 0) is 11.2 Å². The molecule has 2 unspecified atom stereocenters. The van der Waals surface area contributed by atoms with Crippen LogP contribution in [0.5, 0.6) is 0 Å². The van der Waals surface area contributed by atoms with Crippen molar-refractivity contribution >= 4 is 29.0 Å². The number of hydrogen-bond acceptors (Lipinski definition) is 2. The Hall–Kier alpha value is -1.35. The maximum Gasteiger partial charge on any atom is 0.227 e. The summed E-state index contributed by atoms with van der Waals surface area (Å²) in [5.41, 5.74) is 2.66. The van der Waals surface area contributed by atoms with Crippen LogP contribution in [0.15, 0.2) is 18.2 Å². The van der Waals surface area contributed by atoms with Gasteiger partial charge in [-0.25, -0.2) is 0 Å². The summed E-state index contributed by atoms with van der Waals surface area (Å²) >= 11 is 6.04. The fraction of sp³-hybridized carbons (Fsp3) is 0.529. The SMILES string of the molecule is CCCC(=O)N1c2ccc(C(=O)C(Cl)CC)cc2CC1C. The molecule has 0 spiro atoms. The molecule has 3 nitrogen and oxygen atoms in total. The van der Waals surface area contributed by atoms with E-state index in [-0.39, 0.29) is 17.7 Å². The largest absolute Gasteiger partial charge is 0.309 e. The second-order valence-corrected chi connectivity index (χ2v) is 6.18. The van der Waals surface area contributed by atoms with Gasteiger partial charge in [0, 0.05) is 23.7 Å². The number of carbonyl (C=O) groups is 2. The smallest absolute Gasteiger partial charge is 0.227 e. The van der Waals surface area contributed by atoms with Crippen molar-refractivity contribution in [2.24, 2.45) is 0 Å². The van der Waals surface area contributed by atoms with Crippen LogP contribution >= 0.6 is 11.6 Å². The average molecular weight is 308 g/mol. The minimum atomic E-state index is -0.472. The predicted octanol–water partition coefficient (Wildman–Crippen LogP) is 3.96. The molecule has 2 rings (SSSR count). The molecule has 0 radical (unpaired) electrons. The minimum absolute atomic E-state index is 0.0343. The number of hydrogen-bond donors (Lipinski definition) is 0. The molecule has 1 aromatic rings. The van der Waals surface area contributed by atoms with Crippen molar-refractivity contribution < 1.29 is 9.59 Å². The Balaban J connectivity index is 2.29. The highest BCUT2D eigenvalue weighted by Gasteiger charge is 2.31. The van der Waals surface area contributed by atoms with E-state index in [0.717, 1.165) is 24.1 Å². The number of alkyl halides is 1. The summed E-state index contributed by atoms with van der Waals surface area (Å²) < 4.78 is 0. The Bertz CT molecular complexity index is 556. The van der Waals surface area contributed by atoms with Crippen molar-refractivity contribution in [1.29, 1.82) is 0 Å². The number of ketones is 1. The third kappa shape index (κ3) is 3.13. The van der Waals surface area contributed by atoms with Gasteiger partial charge in [0.05, 0.1) is 5.38 Å². The number of anilines is 1. The number of rotatable bonds is 5. The maximum atomic E-state index is 12.2. The molecule has 0 N–H and O–H groups in total. The van der Waals surface area contributed by atoms with Gasteiger partial charge in [-0.1, -0.05) is 13.8 Å². The van der Waals surface area contributed by atoms with Crippen molar-refractivity contribution in [3.8, 4) is 0 Å². The normalized spacial score (nSPS) is 18.5. The molecule has 1 heterocycles. The Morgan fingerprint density at radius 3 is 2.71 bits per heavy atom. The first-order valence-corrected chi connectivity index (χ1v) is 8.06. The fourth-order valence-electron chi connectivity index (χ4n) is 2.86. The summed E-state index contributed by atoms with van der Waals surface area (Å²) in [6, 6.07) is 5.73. The fourth-order valence-corrected chi connectivity index (χ4v) is 2.99. The van der Waals surface area contributed by atoms with Gasteiger partial charge in [0.25, 0.3) is 0 Å². The van der Waals surface area contributed by atoms with Crippen LogP contribution in [0.4, 0.5) is 5.69 Å². The van der Waals surface area contributed by atoms with E-state index < -0.39 is 5.38 Å². The zero-order valence-corrected chi connectivity index (χ0v) is 13.6. The van der Waals surface area contributed by atoms with Gasteiger partial charge in [0.2, 0.25) is 5.91 Å². The molecule has 1 aliphatic heterocycles. The summed E-state index contributed by atoms with van der Waals surface area (Å²) in [5.74, 6) is 0.125. The van der Waals surface area contributed by atoms with Crippen LogP contribution in [0.3, 0.4) is 0 Å². The third-order valence-corrected chi connectivity index (χ3v) is 4.46. The van der Waals surface area contributed by atoms with Crippen molar-refractivity contribution in [2.45, 2.75) is 57.9 Å². The maximum absolute atomic E-state index is 12.2. The highest BCUT2D eigenvalue weighted by molar-refractivity contribution is 6.33. The van der Waals surface area contributed by atoms with Gasteiger partial charge in [-0.3, -0.25) is 9.59 Å². The van der Waals surface area contributed by atoms with Crippen molar-refractivity contribution in [2.75, 3.05) is 4.90 Å². The quantitative estimate of drug-likeness (QED) is 0.610. The summed E-state index contributed by atoms with van der Waals surface area (Å²) in [6.07, 6.45) is 2.82. The predicted molar refractivity (Wildman–Crippen MR) is 86.3 cm³/mol. The molecule has 4 heteroatoms. The van der Waals surface area contributed by atoms with Crippen LogP contribution in [0.1, 0.15) is 56.0 Å². The van der Waals surface area contributed by atoms with Crippen molar-refractivity contribution in [3.05, 3.63) is 29.3 Å². The molecule has 21 heavy (non-hydrogen) atoms. The van der Waals surface area contributed by atoms with Crippen LogP contribution in [0.25, 0.3) is 0 Å². The van der Waals surface area contributed by atoms with Gasteiger partial charge >= 0.3 is 0 Å². The first kappa shape index (κ1) is 16.0. The molecule has 1 aliphatic rings. The monoisotopic (exact) mass is 307 g/mol. The molecule has 0 aromatic heterocycles. The first-order chi connectivity index (χ1) is 9.99. The zero-order chi connectivity index (χ0) is 15.6. The lowest BCUT2D eigenvalue weighted by atomic mass is 10.0. The van der Waals surface area contributed by atoms with Gasteiger partial charge in [0.1, 0.15) is 0 Å². The molecule has 0 fully saturated rings. The van der Waals surface area contributed by atoms with Crippen molar-refractivity contribution in [3.63, 3.8) is 0 Å². The van der Waals surface area contributed by atoms with E-state index in [1.165, 1.54) is 0 Å². The Morgan fingerprint density at radius 1 is 1.38 bits per heavy atom. The molecule has 0 saturated heterocycles. The van der Waals surface area contributed by atoms with E-state index in [4.69, 9.17) is 11.6 Å². The average Bonchev–Trinajstić information content (AvgIpc) is 2.80. The zero-order valence-electron chi connectivity index (χ0n) is 12.9. The highest BCUT2D eigenvalue weighted by Crippen LogP contribution is 2.34. The van der Waals surface area contributed by atoms with E-state index in [1.54, 1.807) is 6.07 Å². The van der Waals surface area contributed by atoms with Crippen LogP contribution < -0.4 is 4.90 Å². The van der Waals surface area contributed by atoms with Crippen LogP contribution in [0.2, 0.25) is 0 Å². The molecule has 114 valence electrons. The number of amides is 1.